The van der Waals surface area contributed by atoms with Crippen molar-refractivity contribution in [3.8, 4) is 5.82 Å². The highest BCUT2D eigenvalue weighted by atomic mass is 16.6. The molecule has 0 atom stereocenters. The Labute approximate surface area is 97.0 Å². The molecule has 0 saturated carbocycles. The highest BCUT2D eigenvalue weighted by Crippen LogP contribution is 2.25. The molecule has 0 saturated heterocycles. The van der Waals surface area contributed by atoms with Crippen LogP contribution >= 0.6 is 0 Å². The van der Waals surface area contributed by atoms with E-state index >= 15 is 0 Å². The summed E-state index contributed by atoms with van der Waals surface area (Å²) in [6.45, 7) is 3.20. The predicted molar refractivity (Wildman–Crippen MR) is 61.9 cm³/mol. The van der Waals surface area contributed by atoms with Crippen molar-refractivity contribution < 1.29 is 4.92 Å². The van der Waals surface area contributed by atoms with E-state index in [-0.39, 0.29) is 5.69 Å². The minimum absolute atomic E-state index is 0.00458. The van der Waals surface area contributed by atoms with Crippen molar-refractivity contribution in [2.24, 2.45) is 0 Å². The quantitative estimate of drug-likeness (QED) is 0.623. The smallest absolute Gasteiger partial charge is 0.313 e. The molecule has 2 aromatic heterocycles. The van der Waals surface area contributed by atoms with Crippen molar-refractivity contribution in [1.29, 1.82) is 0 Å². The number of nitrogens with two attached hydrogens (primary N) is 1. The fourth-order valence-corrected chi connectivity index (χ4v) is 1.69. The van der Waals surface area contributed by atoms with Gasteiger partial charge in [0.15, 0.2) is 5.82 Å². The first kappa shape index (κ1) is 11.1. The zero-order chi connectivity index (χ0) is 12.6. The second-order valence-electron chi connectivity index (χ2n) is 3.60. The van der Waals surface area contributed by atoms with E-state index in [9.17, 15) is 10.1 Å². The topological polar surface area (TPSA) is 99.9 Å². The molecule has 88 valence electrons. The van der Waals surface area contributed by atoms with Crippen molar-refractivity contribution in [1.82, 2.24) is 14.8 Å². The van der Waals surface area contributed by atoms with Gasteiger partial charge in [-0.3, -0.25) is 10.1 Å². The number of nitrogen functional groups attached to an aromatic ring is 1. The SMILES string of the molecule is Cc1nn(-c2ncccc2N)c(C)c1[N+](=O)[O-]. The van der Waals surface area contributed by atoms with Crippen molar-refractivity contribution in [2.45, 2.75) is 13.8 Å². The minimum Gasteiger partial charge on any atom is -0.396 e. The zero-order valence-corrected chi connectivity index (χ0v) is 9.41. The van der Waals surface area contributed by atoms with Crippen molar-refractivity contribution in [3.05, 3.63) is 39.8 Å². The van der Waals surface area contributed by atoms with Gasteiger partial charge in [-0.1, -0.05) is 0 Å². The first-order chi connectivity index (χ1) is 8.02. The zero-order valence-electron chi connectivity index (χ0n) is 9.41. The Kier molecular flexibility index (Phi) is 2.51. The molecule has 0 aliphatic heterocycles. The maximum absolute atomic E-state index is 10.9. The summed E-state index contributed by atoms with van der Waals surface area (Å²) in [5, 5.41) is 15.0. The molecule has 0 radical (unpaired) electrons. The summed E-state index contributed by atoms with van der Waals surface area (Å²) in [6.07, 6.45) is 1.56. The Balaban J connectivity index is 2.66. The van der Waals surface area contributed by atoms with Crippen LogP contribution in [0.4, 0.5) is 11.4 Å². The monoisotopic (exact) mass is 233 g/mol. The van der Waals surface area contributed by atoms with Crippen LogP contribution < -0.4 is 5.73 Å². The molecule has 0 bridgehead atoms. The third-order valence-electron chi connectivity index (χ3n) is 2.45. The van der Waals surface area contributed by atoms with E-state index in [4.69, 9.17) is 5.73 Å². The van der Waals surface area contributed by atoms with Crippen molar-refractivity contribution >= 4 is 11.4 Å². The molecule has 7 nitrogen and oxygen atoms in total. The van der Waals surface area contributed by atoms with Crippen LogP contribution in [0, 0.1) is 24.0 Å². The molecule has 2 aromatic rings. The summed E-state index contributed by atoms with van der Waals surface area (Å²) >= 11 is 0. The predicted octanol–water partition coefficient (Wildman–Crippen LogP) is 1.37. The van der Waals surface area contributed by atoms with Crippen LogP contribution in [0.5, 0.6) is 0 Å². The van der Waals surface area contributed by atoms with E-state index in [2.05, 4.69) is 10.1 Å². The number of hydrogen-bond donors (Lipinski definition) is 1. The van der Waals surface area contributed by atoms with Gasteiger partial charge in [0.1, 0.15) is 11.4 Å². The van der Waals surface area contributed by atoms with Gasteiger partial charge in [-0.05, 0) is 26.0 Å². The molecule has 7 heteroatoms. The van der Waals surface area contributed by atoms with E-state index < -0.39 is 4.92 Å². The molecule has 0 aliphatic carbocycles. The van der Waals surface area contributed by atoms with Crippen LogP contribution in [0.25, 0.3) is 5.82 Å². The summed E-state index contributed by atoms with van der Waals surface area (Å²) in [7, 11) is 0. The summed E-state index contributed by atoms with van der Waals surface area (Å²) in [5.41, 5.74) is 6.94. The van der Waals surface area contributed by atoms with Gasteiger partial charge in [-0.15, -0.1) is 0 Å². The van der Waals surface area contributed by atoms with Crippen LogP contribution in [0.1, 0.15) is 11.4 Å². The molecular weight excluding hydrogens is 222 g/mol. The lowest BCUT2D eigenvalue weighted by Gasteiger charge is -2.04. The highest BCUT2D eigenvalue weighted by Gasteiger charge is 2.23. The van der Waals surface area contributed by atoms with Crippen LogP contribution in [0.15, 0.2) is 18.3 Å². The minimum atomic E-state index is -0.451. The van der Waals surface area contributed by atoms with Gasteiger partial charge in [0, 0.05) is 6.20 Å². The van der Waals surface area contributed by atoms with Crippen LogP contribution in [0.3, 0.4) is 0 Å². The standard InChI is InChI=1S/C10H11N5O2/c1-6-9(15(16)17)7(2)14(13-6)10-8(11)4-3-5-12-10/h3-5H,11H2,1-2H3. The Morgan fingerprint density at radius 1 is 1.47 bits per heavy atom. The number of nitrogens with zero attached hydrogens (tertiary/aromatic N) is 4. The number of aromatic nitrogens is 3. The maximum Gasteiger partial charge on any atom is 0.313 e. The van der Waals surface area contributed by atoms with Crippen molar-refractivity contribution in [2.75, 3.05) is 5.73 Å². The fourth-order valence-electron chi connectivity index (χ4n) is 1.69. The second-order valence-corrected chi connectivity index (χ2v) is 3.60. The molecule has 0 aliphatic rings. The summed E-state index contributed by atoms with van der Waals surface area (Å²) < 4.78 is 1.39. The van der Waals surface area contributed by atoms with Gasteiger partial charge in [0.05, 0.1) is 10.6 Å². The molecular formula is C10H11N5O2. The van der Waals surface area contributed by atoms with Gasteiger partial charge in [0.25, 0.3) is 0 Å². The third-order valence-corrected chi connectivity index (χ3v) is 2.45. The molecule has 0 unspecified atom stereocenters. The Hall–Kier alpha value is -2.44. The number of pyridine rings is 1. The third kappa shape index (κ3) is 1.71. The van der Waals surface area contributed by atoms with E-state index in [1.807, 2.05) is 0 Å². The number of rotatable bonds is 2. The fraction of sp³-hybridized carbons (Fsp3) is 0.200. The van der Waals surface area contributed by atoms with Gasteiger partial charge >= 0.3 is 5.69 Å². The molecule has 0 fully saturated rings. The first-order valence-electron chi connectivity index (χ1n) is 4.94. The van der Waals surface area contributed by atoms with Crippen LogP contribution in [0.2, 0.25) is 0 Å². The highest BCUT2D eigenvalue weighted by molar-refractivity contribution is 5.55. The number of nitro groups is 1. The van der Waals surface area contributed by atoms with Crippen LogP contribution in [-0.4, -0.2) is 19.7 Å². The lowest BCUT2D eigenvalue weighted by molar-refractivity contribution is -0.386. The molecule has 0 aromatic carbocycles. The normalized spacial score (nSPS) is 10.5. The Morgan fingerprint density at radius 3 is 2.71 bits per heavy atom. The van der Waals surface area contributed by atoms with Gasteiger partial charge < -0.3 is 5.73 Å². The van der Waals surface area contributed by atoms with Gasteiger partial charge in [0.2, 0.25) is 0 Å². The largest absolute Gasteiger partial charge is 0.396 e. The molecule has 17 heavy (non-hydrogen) atoms. The summed E-state index contributed by atoms with van der Waals surface area (Å²) in [5.74, 6) is 0.404. The molecule has 0 spiro atoms. The average molecular weight is 233 g/mol. The first-order valence-corrected chi connectivity index (χ1v) is 4.94. The van der Waals surface area contributed by atoms with E-state index in [1.54, 1.807) is 32.2 Å². The van der Waals surface area contributed by atoms with Crippen molar-refractivity contribution in [3.63, 3.8) is 0 Å². The molecule has 0 amide bonds. The summed E-state index contributed by atoms with van der Waals surface area (Å²) in [6, 6.07) is 3.36. The summed E-state index contributed by atoms with van der Waals surface area (Å²) in [4.78, 5) is 14.5. The van der Waals surface area contributed by atoms with Gasteiger partial charge in [-0.25, -0.2) is 9.67 Å². The lowest BCUT2D eigenvalue weighted by atomic mass is 10.3. The van der Waals surface area contributed by atoms with E-state index in [1.165, 1.54) is 4.68 Å². The number of hydrogen-bond acceptors (Lipinski definition) is 5. The Bertz CT molecular complexity index is 590. The molecule has 2 N–H and O–H groups in total. The molecule has 2 rings (SSSR count). The molecule has 2 heterocycles. The van der Waals surface area contributed by atoms with Crippen LogP contribution in [-0.2, 0) is 0 Å². The van der Waals surface area contributed by atoms with E-state index in [0.717, 1.165) is 0 Å². The average Bonchev–Trinajstić information content (AvgIpc) is 2.55. The second kappa shape index (κ2) is 3.85. The number of anilines is 1. The maximum atomic E-state index is 10.9. The Morgan fingerprint density at radius 2 is 2.18 bits per heavy atom. The van der Waals surface area contributed by atoms with E-state index in [0.29, 0.717) is 22.9 Å². The lowest BCUT2D eigenvalue weighted by Crippen LogP contribution is -2.05. The van der Waals surface area contributed by atoms with Gasteiger partial charge in [-0.2, -0.15) is 5.10 Å². The number of aryl methyl sites for hydroxylation is 1.